The van der Waals surface area contributed by atoms with Crippen LogP contribution in [0.15, 0.2) is 23.8 Å². The molecular formula is C22H28F2O5. The molecule has 3 N–H and O–H groups in total. The van der Waals surface area contributed by atoms with E-state index in [1.807, 2.05) is 0 Å². The predicted octanol–water partition coefficient (Wildman–Crippen LogP) is 1.84. The first-order valence-corrected chi connectivity index (χ1v) is 10.2. The van der Waals surface area contributed by atoms with Gasteiger partial charge in [0.2, 0.25) is 0 Å². The zero-order chi connectivity index (χ0) is 21.6. The molecule has 0 heterocycles. The van der Waals surface area contributed by atoms with E-state index in [0.717, 1.165) is 6.08 Å². The molecular weight excluding hydrogens is 382 g/mol. The van der Waals surface area contributed by atoms with Crippen molar-refractivity contribution in [2.45, 2.75) is 63.6 Å². The Morgan fingerprint density at radius 1 is 1.28 bits per heavy atom. The van der Waals surface area contributed by atoms with E-state index in [-0.39, 0.29) is 24.8 Å². The number of carbonyl (C=O) groups excluding carboxylic acids is 2. The van der Waals surface area contributed by atoms with Gasteiger partial charge in [0, 0.05) is 16.7 Å². The lowest BCUT2D eigenvalue weighted by molar-refractivity contribution is -0.223. The molecule has 0 radical (unpaired) electrons. The Kier molecular flexibility index (Phi) is 4.34. The van der Waals surface area contributed by atoms with Gasteiger partial charge in [-0.25, -0.2) is 8.78 Å². The molecule has 0 aliphatic heterocycles. The summed E-state index contributed by atoms with van der Waals surface area (Å²) in [5.74, 6) is -3.24. The van der Waals surface area contributed by atoms with Crippen LogP contribution in [-0.4, -0.2) is 57.0 Å². The van der Waals surface area contributed by atoms with E-state index in [2.05, 4.69) is 0 Å². The topological polar surface area (TPSA) is 94.8 Å². The fourth-order valence-electron chi connectivity index (χ4n) is 7.25. The lowest BCUT2D eigenvalue weighted by Gasteiger charge is -2.63. The Labute approximate surface area is 168 Å². The van der Waals surface area contributed by atoms with Crippen LogP contribution >= 0.6 is 0 Å². The normalized spacial score (nSPS) is 53.7. The van der Waals surface area contributed by atoms with E-state index in [1.54, 1.807) is 13.8 Å². The molecule has 3 saturated carbocycles. The van der Waals surface area contributed by atoms with Gasteiger partial charge in [0.1, 0.15) is 18.4 Å². The molecule has 7 heteroatoms. The van der Waals surface area contributed by atoms with Gasteiger partial charge in [-0.15, -0.1) is 0 Å². The van der Waals surface area contributed by atoms with Crippen molar-refractivity contribution >= 4 is 11.6 Å². The average molecular weight is 410 g/mol. The second-order valence-electron chi connectivity index (χ2n) is 9.84. The largest absolute Gasteiger partial charge is 0.390 e. The molecule has 4 aliphatic carbocycles. The van der Waals surface area contributed by atoms with Crippen LogP contribution in [0.5, 0.6) is 0 Å². The van der Waals surface area contributed by atoms with Crippen molar-refractivity contribution in [2.75, 3.05) is 6.61 Å². The average Bonchev–Trinajstić information content (AvgIpc) is 2.86. The molecule has 0 spiro atoms. The highest BCUT2D eigenvalue weighted by Crippen LogP contribution is 2.70. The highest BCUT2D eigenvalue weighted by Gasteiger charge is 2.76. The number of ketones is 2. The van der Waals surface area contributed by atoms with Crippen LogP contribution in [0.1, 0.15) is 40.0 Å². The summed E-state index contributed by atoms with van der Waals surface area (Å²) in [7, 11) is 0. The highest BCUT2D eigenvalue weighted by atomic mass is 19.1. The maximum atomic E-state index is 16.9. The second kappa shape index (κ2) is 6.05. The fourth-order valence-corrected chi connectivity index (χ4v) is 7.25. The van der Waals surface area contributed by atoms with Crippen molar-refractivity contribution in [1.82, 2.24) is 0 Å². The van der Waals surface area contributed by atoms with E-state index < -0.39 is 70.3 Å². The maximum Gasteiger partial charge on any atom is 0.190 e. The molecule has 0 aromatic carbocycles. The second-order valence-corrected chi connectivity index (χ2v) is 9.84. The van der Waals surface area contributed by atoms with Crippen LogP contribution in [0.25, 0.3) is 0 Å². The number of aliphatic hydroxyl groups excluding tert-OH is 2. The van der Waals surface area contributed by atoms with Gasteiger partial charge in [-0.1, -0.05) is 19.9 Å². The number of rotatable bonds is 2. The number of fused-ring (bicyclic) bond motifs is 5. The molecule has 0 bridgehead atoms. The third kappa shape index (κ3) is 2.19. The fraction of sp³-hybridized carbons (Fsp3) is 0.727. The zero-order valence-corrected chi connectivity index (χ0v) is 16.9. The number of hydrogen-bond acceptors (Lipinski definition) is 5. The predicted molar refractivity (Wildman–Crippen MR) is 100 cm³/mol. The van der Waals surface area contributed by atoms with Crippen molar-refractivity contribution in [1.29, 1.82) is 0 Å². The number of allylic oxidation sites excluding steroid dienone is 4. The van der Waals surface area contributed by atoms with Gasteiger partial charge in [-0.2, -0.15) is 0 Å². The lowest BCUT2D eigenvalue weighted by Crippen LogP contribution is -2.70. The Morgan fingerprint density at radius 3 is 2.55 bits per heavy atom. The summed E-state index contributed by atoms with van der Waals surface area (Å²) in [6, 6.07) is 0. The van der Waals surface area contributed by atoms with E-state index in [9.17, 15) is 24.9 Å². The minimum atomic E-state index is -2.24. The van der Waals surface area contributed by atoms with Crippen molar-refractivity contribution < 1.29 is 33.7 Å². The van der Waals surface area contributed by atoms with Gasteiger partial charge in [0.15, 0.2) is 17.2 Å². The van der Waals surface area contributed by atoms with Gasteiger partial charge in [0.05, 0.1) is 6.10 Å². The van der Waals surface area contributed by atoms with Crippen molar-refractivity contribution in [3.05, 3.63) is 23.8 Å². The monoisotopic (exact) mass is 410 g/mol. The molecule has 4 rings (SSSR count). The summed E-state index contributed by atoms with van der Waals surface area (Å²) in [4.78, 5) is 24.3. The molecule has 3 fully saturated rings. The van der Waals surface area contributed by atoms with Crippen LogP contribution < -0.4 is 0 Å². The molecule has 9 atom stereocenters. The van der Waals surface area contributed by atoms with Crippen LogP contribution in [-0.2, 0) is 9.59 Å². The number of aliphatic hydroxyl groups is 3. The third-order valence-electron chi connectivity index (χ3n) is 8.78. The summed E-state index contributed by atoms with van der Waals surface area (Å²) in [6.45, 7) is 3.96. The van der Waals surface area contributed by atoms with E-state index in [0.29, 0.717) is 0 Å². The molecule has 0 saturated heterocycles. The molecule has 0 aromatic rings. The maximum absolute atomic E-state index is 16.9. The Hall–Kier alpha value is -1.44. The third-order valence-corrected chi connectivity index (χ3v) is 8.78. The number of halogens is 2. The SMILES string of the molecule is C[C@@H]1C[C@H]2[C@@H]3C[C@H](F)C4=CC(=O)C=CC4(C)[C@@]3(F)[C@@H](O)C[C@]2(C)[C@@]1(O)C(=O)CO. The molecule has 4 aliphatic rings. The van der Waals surface area contributed by atoms with Crippen LogP contribution in [0.2, 0.25) is 0 Å². The van der Waals surface area contributed by atoms with Gasteiger partial charge >= 0.3 is 0 Å². The van der Waals surface area contributed by atoms with Crippen molar-refractivity contribution in [3.63, 3.8) is 0 Å². The lowest BCUT2D eigenvalue weighted by atomic mass is 9.44. The zero-order valence-electron chi connectivity index (χ0n) is 16.9. The van der Waals surface area contributed by atoms with E-state index >= 15 is 8.78 Å². The van der Waals surface area contributed by atoms with Gasteiger partial charge < -0.3 is 15.3 Å². The molecule has 0 amide bonds. The Bertz CT molecular complexity index is 839. The Morgan fingerprint density at radius 2 is 1.93 bits per heavy atom. The smallest absolute Gasteiger partial charge is 0.190 e. The summed E-state index contributed by atoms with van der Waals surface area (Å²) in [6.07, 6.45) is 0.427. The minimum absolute atomic E-state index is 0.0409. The van der Waals surface area contributed by atoms with Crippen LogP contribution in [0, 0.1) is 28.6 Å². The highest BCUT2D eigenvalue weighted by molar-refractivity contribution is 6.01. The molecule has 5 nitrogen and oxygen atoms in total. The van der Waals surface area contributed by atoms with Crippen molar-refractivity contribution in [2.24, 2.45) is 28.6 Å². The molecule has 160 valence electrons. The molecule has 1 unspecified atom stereocenters. The summed E-state index contributed by atoms with van der Waals surface area (Å²) in [5.41, 5.74) is -6.81. The summed E-state index contributed by atoms with van der Waals surface area (Å²) in [5, 5.41) is 31.9. The summed E-state index contributed by atoms with van der Waals surface area (Å²) < 4.78 is 32.1. The first-order chi connectivity index (χ1) is 13.4. The van der Waals surface area contributed by atoms with Crippen LogP contribution in [0.4, 0.5) is 8.78 Å². The van der Waals surface area contributed by atoms with Gasteiger partial charge in [0.25, 0.3) is 0 Å². The first kappa shape index (κ1) is 20.8. The molecule has 29 heavy (non-hydrogen) atoms. The van der Waals surface area contributed by atoms with Crippen LogP contribution in [0.3, 0.4) is 0 Å². The number of carbonyl (C=O) groups is 2. The number of hydrogen-bond donors (Lipinski definition) is 3. The standard InChI is InChI=1S/C22H28F2O5/c1-11-6-13-14-8-16(23)15-7-12(26)4-5-19(15,2)21(14,24)17(27)9-20(13,3)22(11,29)18(28)10-25/h4-5,7,11,13-14,16-17,25,27,29H,6,8-10H2,1-3H3/t11-,13+,14+,16+,17+,19?,20+,21+,22+/m1/s1. The quantitative estimate of drug-likeness (QED) is 0.646. The Balaban J connectivity index is 1.87. The van der Waals surface area contributed by atoms with Gasteiger partial charge in [-0.05, 0) is 55.7 Å². The minimum Gasteiger partial charge on any atom is -0.390 e. The first-order valence-electron chi connectivity index (χ1n) is 10.2. The van der Waals surface area contributed by atoms with Gasteiger partial charge in [-0.3, -0.25) is 9.59 Å². The van der Waals surface area contributed by atoms with E-state index in [4.69, 9.17) is 0 Å². The number of alkyl halides is 2. The van der Waals surface area contributed by atoms with E-state index in [1.165, 1.54) is 19.1 Å². The molecule has 0 aromatic heterocycles. The number of Topliss-reactive ketones (excluding diaryl/α,β-unsaturated/α-hetero) is 1. The van der Waals surface area contributed by atoms with Crippen molar-refractivity contribution in [3.8, 4) is 0 Å². The summed E-state index contributed by atoms with van der Waals surface area (Å²) >= 11 is 0.